The molecule has 0 aliphatic carbocycles. The monoisotopic (exact) mass is 413 g/mol. The lowest BCUT2D eigenvalue weighted by molar-refractivity contribution is -0.156. The van der Waals surface area contributed by atoms with Crippen molar-refractivity contribution in [3.8, 4) is 11.1 Å². The average molecular weight is 414 g/mol. The molecule has 4 atom stereocenters. The van der Waals surface area contributed by atoms with E-state index in [-0.39, 0.29) is 18.4 Å². The molecule has 0 unspecified atom stereocenters. The van der Waals surface area contributed by atoms with Crippen LogP contribution in [-0.4, -0.2) is 43.2 Å². The zero-order chi connectivity index (χ0) is 20.8. The molecular formula is C22H27N3O3S. The maximum Gasteiger partial charge on any atom is 0.237 e. The van der Waals surface area contributed by atoms with E-state index in [0.717, 1.165) is 28.7 Å². The van der Waals surface area contributed by atoms with Crippen LogP contribution in [0.25, 0.3) is 11.1 Å². The Morgan fingerprint density at radius 2 is 2.17 bits per heavy atom. The lowest BCUT2D eigenvalue weighted by Gasteiger charge is -2.60. The number of fused-ring (bicyclic) bond motifs is 3. The smallest absolute Gasteiger partial charge is 0.237 e. The first-order chi connectivity index (χ1) is 13.9. The highest BCUT2D eigenvalue weighted by Gasteiger charge is 2.65. The molecule has 0 bridgehead atoms. The average Bonchev–Trinajstić information content (AvgIpc) is 3.23. The van der Waals surface area contributed by atoms with Crippen molar-refractivity contribution in [2.24, 2.45) is 11.1 Å². The number of nitrogens with zero attached hydrogens (tertiary/aromatic N) is 1. The minimum atomic E-state index is -1.44. The summed E-state index contributed by atoms with van der Waals surface area (Å²) < 4.78 is 6.04. The third-order valence-corrected chi connectivity index (χ3v) is 6.98. The number of morpholine rings is 1. The van der Waals surface area contributed by atoms with E-state index in [2.05, 4.69) is 35.0 Å². The van der Waals surface area contributed by atoms with E-state index in [1.807, 2.05) is 31.1 Å². The summed E-state index contributed by atoms with van der Waals surface area (Å²) in [6.45, 7) is 6.62. The lowest BCUT2D eigenvalue weighted by atomic mass is 9.64. The van der Waals surface area contributed by atoms with E-state index in [1.165, 1.54) is 0 Å². The topological polar surface area (TPSA) is 84.7 Å². The van der Waals surface area contributed by atoms with Crippen molar-refractivity contribution in [2.45, 2.75) is 45.1 Å². The van der Waals surface area contributed by atoms with E-state index < -0.39 is 17.2 Å². The van der Waals surface area contributed by atoms with E-state index in [1.54, 1.807) is 11.3 Å². The van der Waals surface area contributed by atoms with E-state index in [0.29, 0.717) is 13.1 Å². The Hall–Kier alpha value is -2.22. The maximum absolute atomic E-state index is 13.3. The first-order valence-corrected chi connectivity index (χ1v) is 10.9. The summed E-state index contributed by atoms with van der Waals surface area (Å²) in [6, 6.07) is 8.28. The summed E-state index contributed by atoms with van der Waals surface area (Å²) >= 11 is 1.64. The number of hydrogen-bond donors (Lipinski definition) is 2. The first-order valence-electron chi connectivity index (χ1n) is 9.99. The van der Waals surface area contributed by atoms with Crippen molar-refractivity contribution >= 4 is 29.2 Å². The minimum Gasteiger partial charge on any atom is -0.370 e. The second-order valence-corrected chi connectivity index (χ2v) is 8.79. The van der Waals surface area contributed by atoms with Crippen molar-refractivity contribution < 1.29 is 14.3 Å². The number of nitrogens with two attached hydrogens (primary N) is 1. The quantitative estimate of drug-likeness (QED) is 0.594. The number of ether oxygens (including phenoxy) is 1. The molecule has 0 saturated carbocycles. The van der Waals surface area contributed by atoms with Crippen LogP contribution >= 0.6 is 11.3 Å². The maximum atomic E-state index is 13.3. The van der Waals surface area contributed by atoms with Crippen LogP contribution in [0.3, 0.4) is 0 Å². The molecule has 6 nitrogen and oxygen atoms in total. The molecule has 0 radical (unpaired) electrons. The van der Waals surface area contributed by atoms with Gasteiger partial charge in [0.25, 0.3) is 0 Å². The Morgan fingerprint density at radius 3 is 2.83 bits per heavy atom. The molecule has 1 aromatic carbocycles. The number of hydrogen-bond acceptors (Lipinski definition) is 6. The van der Waals surface area contributed by atoms with Crippen LogP contribution in [0, 0.1) is 5.41 Å². The number of carbonyl (C=O) groups is 2. The van der Waals surface area contributed by atoms with E-state index in [9.17, 15) is 9.59 Å². The van der Waals surface area contributed by atoms with Crippen molar-refractivity contribution in [3.63, 3.8) is 0 Å². The molecule has 3 heterocycles. The number of nitrogens with one attached hydrogen (secondary N) is 1. The number of aldehydes is 1. The zero-order valence-corrected chi connectivity index (χ0v) is 17.8. The standard InChI is InChI=1S/C22H27N3O3S/c1-4-24-20(27)21(13-26)10-18-9-16(17-7-8-29-12-17)5-6-19(18)25-11-14(2)28-15(3)22(21,25)23/h5-9,12-15H,4,10-11,23H2,1-3H3,(H,24,27)/t14-,15+,21-,22-/m1/s1. The Bertz CT molecular complexity index is 931. The molecule has 4 rings (SSSR count). The van der Waals surface area contributed by atoms with Gasteiger partial charge in [-0.05, 0) is 72.8 Å². The predicted molar refractivity (Wildman–Crippen MR) is 115 cm³/mol. The Labute approximate surface area is 175 Å². The fraction of sp³-hybridized carbons (Fsp3) is 0.455. The van der Waals surface area contributed by atoms with Crippen LogP contribution in [0.2, 0.25) is 0 Å². The molecule has 29 heavy (non-hydrogen) atoms. The van der Waals surface area contributed by atoms with Gasteiger partial charge in [-0.3, -0.25) is 4.79 Å². The fourth-order valence-electron chi connectivity index (χ4n) is 4.83. The van der Waals surface area contributed by atoms with Crippen molar-refractivity contribution in [1.82, 2.24) is 5.32 Å². The number of benzene rings is 1. The van der Waals surface area contributed by atoms with Crippen LogP contribution in [0.15, 0.2) is 35.0 Å². The Balaban J connectivity index is 1.92. The van der Waals surface area contributed by atoms with Crippen molar-refractivity contribution in [2.75, 3.05) is 18.0 Å². The van der Waals surface area contributed by atoms with Gasteiger partial charge in [0.2, 0.25) is 5.91 Å². The number of thiophene rings is 1. The second-order valence-electron chi connectivity index (χ2n) is 8.01. The van der Waals surface area contributed by atoms with Crippen LogP contribution < -0.4 is 16.0 Å². The Morgan fingerprint density at radius 1 is 1.38 bits per heavy atom. The second kappa shape index (κ2) is 7.23. The molecule has 1 saturated heterocycles. The number of anilines is 1. The largest absolute Gasteiger partial charge is 0.370 e. The SMILES string of the molecule is CCNC(=O)[C@]1(C=O)Cc2cc(-c3ccsc3)ccc2N2C[C@@H](C)O[C@@H](C)[C@@]21N. The molecule has 1 fully saturated rings. The van der Waals surface area contributed by atoms with Crippen molar-refractivity contribution in [1.29, 1.82) is 0 Å². The van der Waals surface area contributed by atoms with Gasteiger partial charge < -0.3 is 25.5 Å². The number of rotatable bonds is 4. The summed E-state index contributed by atoms with van der Waals surface area (Å²) in [4.78, 5) is 27.9. The normalized spacial score (nSPS) is 31.0. The highest BCUT2D eigenvalue weighted by atomic mass is 32.1. The number of carbonyl (C=O) groups excluding carboxylic acids is 2. The molecule has 7 heteroatoms. The molecule has 1 aromatic heterocycles. The summed E-state index contributed by atoms with van der Waals surface area (Å²) in [7, 11) is 0. The molecular weight excluding hydrogens is 386 g/mol. The third kappa shape index (κ3) is 2.83. The first kappa shape index (κ1) is 20.1. The van der Waals surface area contributed by atoms with Gasteiger partial charge in [-0.15, -0.1) is 0 Å². The molecule has 154 valence electrons. The highest BCUT2D eigenvalue weighted by Crippen LogP contribution is 2.49. The Kier molecular flexibility index (Phi) is 5.01. The van der Waals surface area contributed by atoms with Gasteiger partial charge in [0.05, 0.1) is 12.2 Å². The van der Waals surface area contributed by atoms with Crippen LogP contribution in [0.5, 0.6) is 0 Å². The fourth-order valence-corrected chi connectivity index (χ4v) is 5.50. The molecule has 1 amide bonds. The zero-order valence-electron chi connectivity index (χ0n) is 17.0. The van der Waals surface area contributed by atoms with Gasteiger partial charge in [0, 0.05) is 18.8 Å². The van der Waals surface area contributed by atoms with Gasteiger partial charge in [-0.1, -0.05) is 6.07 Å². The predicted octanol–water partition coefficient (Wildman–Crippen LogP) is 2.56. The summed E-state index contributed by atoms with van der Waals surface area (Å²) in [6.07, 6.45) is 0.415. The number of amides is 1. The summed E-state index contributed by atoms with van der Waals surface area (Å²) in [5, 5.41) is 6.97. The van der Waals surface area contributed by atoms with Gasteiger partial charge >= 0.3 is 0 Å². The van der Waals surface area contributed by atoms with E-state index in [4.69, 9.17) is 10.5 Å². The van der Waals surface area contributed by atoms with Crippen LogP contribution in [0.4, 0.5) is 5.69 Å². The highest BCUT2D eigenvalue weighted by molar-refractivity contribution is 7.08. The van der Waals surface area contributed by atoms with Gasteiger partial charge in [0.15, 0.2) is 0 Å². The summed E-state index contributed by atoms with van der Waals surface area (Å²) in [5.74, 6) is -0.348. The van der Waals surface area contributed by atoms with Crippen LogP contribution in [0.1, 0.15) is 26.3 Å². The van der Waals surface area contributed by atoms with Gasteiger partial charge in [-0.2, -0.15) is 11.3 Å². The minimum absolute atomic E-state index is 0.0669. The van der Waals surface area contributed by atoms with Crippen LogP contribution in [-0.2, 0) is 20.7 Å². The summed E-state index contributed by atoms with van der Waals surface area (Å²) in [5.41, 5.74) is 8.36. The third-order valence-electron chi connectivity index (χ3n) is 6.29. The lowest BCUT2D eigenvalue weighted by Crippen LogP contribution is -2.81. The molecule has 2 aromatic rings. The molecule has 3 N–H and O–H groups in total. The molecule has 0 spiro atoms. The molecule has 2 aliphatic rings. The van der Waals surface area contributed by atoms with E-state index >= 15 is 0 Å². The van der Waals surface area contributed by atoms with Gasteiger partial charge in [-0.25, -0.2) is 0 Å². The van der Waals surface area contributed by atoms with Crippen molar-refractivity contribution in [3.05, 3.63) is 40.6 Å². The van der Waals surface area contributed by atoms with Gasteiger partial charge in [0.1, 0.15) is 17.4 Å². The molecule has 2 aliphatic heterocycles.